The van der Waals surface area contributed by atoms with Crippen molar-refractivity contribution in [3.05, 3.63) is 11.9 Å². The van der Waals surface area contributed by atoms with Gasteiger partial charge in [-0.1, -0.05) is 26.3 Å². The van der Waals surface area contributed by atoms with Gasteiger partial charge in [-0.2, -0.15) is 0 Å². The van der Waals surface area contributed by atoms with Crippen LogP contribution in [0, 0.1) is 0 Å². The number of hydrogen-bond acceptors (Lipinski definition) is 2. The van der Waals surface area contributed by atoms with E-state index in [0.717, 1.165) is 12.8 Å². The summed E-state index contributed by atoms with van der Waals surface area (Å²) < 4.78 is 17.1. The molecular formula is C9H19O2P. The van der Waals surface area contributed by atoms with Crippen molar-refractivity contribution < 1.29 is 9.09 Å². The monoisotopic (exact) mass is 190 g/mol. The first-order valence-electron chi connectivity index (χ1n) is 4.55. The van der Waals surface area contributed by atoms with Gasteiger partial charge in [0.05, 0.1) is 6.61 Å². The molecule has 0 spiro atoms. The van der Waals surface area contributed by atoms with Crippen LogP contribution in [0.1, 0.15) is 33.6 Å². The molecule has 0 fully saturated rings. The Kier molecular flexibility index (Phi) is 6.41. The minimum atomic E-state index is -2.41. The predicted molar refractivity (Wildman–Crippen MR) is 53.8 cm³/mol. The maximum Gasteiger partial charge on any atom is 0.224 e. The van der Waals surface area contributed by atoms with Crippen LogP contribution in [0.5, 0.6) is 0 Å². The Morgan fingerprint density at radius 1 is 1.42 bits per heavy atom. The third kappa shape index (κ3) is 4.74. The lowest BCUT2D eigenvalue weighted by Gasteiger charge is -2.11. The molecule has 0 aromatic heterocycles. The van der Waals surface area contributed by atoms with Crippen LogP contribution in [0.25, 0.3) is 0 Å². The maximum absolute atomic E-state index is 11.7. The topological polar surface area (TPSA) is 26.3 Å². The Bertz CT molecular complexity index is 175. The van der Waals surface area contributed by atoms with E-state index in [1.807, 2.05) is 13.8 Å². The molecule has 0 aromatic rings. The lowest BCUT2D eigenvalue weighted by molar-refractivity contribution is 0.312. The van der Waals surface area contributed by atoms with Crippen molar-refractivity contribution >= 4 is 7.37 Å². The molecule has 0 amide bonds. The van der Waals surface area contributed by atoms with Crippen LogP contribution in [0.2, 0.25) is 0 Å². The number of hydrogen-bond donors (Lipinski definition) is 0. The standard InChI is InChI=1S/C9H19O2P/c1-4-7-8-11-12(10,6-3)9-5-2/h5,9H,4,6-8H2,1-3H3/b9-5-. The molecule has 3 heteroatoms. The molecule has 2 nitrogen and oxygen atoms in total. The summed E-state index contributed by atoms with van der Waals surface area (Å²) in [6.07, 6.45) is 4.47. The molecule has 0 rings (SSSR count). The van der Waals surface area contributed by atoms with Crippen molar-refractivity contribution in [2.45, 2.75) is 33.6 Å². The number of allylic oxidation sites excluding steroid dienone is 1. The van der Waals surface area contributed by atoms with Crippen molar-refractivity contribution in [1.29, 1.82) is 0 Å². The highest BCUT2D eigenvalue weighted by Crippen LogP contribution is 2.47. The van der Waals surface area contributed by atoms with Gasteiger partial charge in [0.1, 0.15) is 0 Å². The fourth-order valence-corrected chi connectivity index (χ4v) is 2.20. The molecule has 1 unspecified atom stereocenters. The fourth-order valence-electron chi connectivity index (χ4n) is 0.830. The molecular weight excluding hydrogens is 171 g/mol. The first kappa shape index (κ1) is 11.9. The molecule has 0 heterocycles. The van der Waals surface area contributed by atoms with E-state index in [2.05, 4.69) is 6.92 Å². The van der Waals surface area contributed by atoms with Gasteiger partial charge >= 0.3 is 0 Å². The summed E-state index contributed by atoms with van der Waals surface area (Å²) in [5.41, 5.74) is 0. The molecule has 12 heavy (non-hydrogen) atoms. The van der Waals surface area contributed by atoms with Gasteiger partial charge in [-0.3, -0.25) is 4.57 Å². The van der Waals surface area contributed by atoms with E-state index in [1.54, 1.807) is 11.9 Å². The molecule has 0 aliphatic heterocycles. The molecule has 0 bridgehead atoms. The van der Waals surface area contributed by atoms with E-state index < -0.39 is 7.37 Å². The van der Waals surface area contributed by atoms with Crippen LogP contribution in [0.3, 0.4) is 0 Å². The van der Waals surface area contributed by atoms with E-state index in [9.17, 15) is 4.57 Å². The summed E-state index contributed by atoms with van der Waals surface area (Å²) in [6, 6.07) is 0. The quantitative estimate of drug-likeness (QED) is 0.472. The second-order valence-corrected chi connectivity index (χ2v) is 5.35. The minimum Gasteiger partial charge on any atom is -0.326 e. The van der Waals surface area contributed by atoms with Gasteiger partial charge in [0.2, 0.25) is 7.37 Å². The molecule has 0 aliphatic rings. The van der Waals surface area contributed by atoms with Gasteiger partial charge in [0.15, 0.2) is 0 Å². The molecule has 0 N–H and O–H groups in total. The largest absolute Gasteiger partial charge is 0.326 e. The van der Waals surface area contributed by atoms with Crippen LogP contribution >= 0.6 is 7.37 Å². The summed E-state index contributed by atoms with van der Waals surface area (Å²) in [7, 11) is -2.41. The van der Waals surface area contributed by atoms with E-state index in [1.165, 1.54) is 0 Å². The van der Waals surface area contributed by atoms with Crippen LogP contribution in [-0.4, -0.2) is 12.8 Å². The molecule has 72 valence electrons. The minimum absolute atomic E-state index is 0.598. The molecule has 1 atom stereocenters. The zero-order chi connectivity index (χ0) is 9.45. The van der Waals surface area contributed by atoms with E-state index in [0.29, 0.717) is 12.8 Å². The van der Waals surface area contributed by atoms with E-state index in [-0.39, 0.29) is 0 Å². The van der Waals surface area contributed by atoms with Crippen LogP contribution in [-0.2, 0) is 9.09 Å². The van der Waals surface area contributed by atoms with Crippen molar-refractivity contribution in [2.24, 2.45) is 0 Å². The van der Waals surface area contributed by atoms with Gasteiger partial charge in [-0.05, 0) is 19.2 Å². The first-order chi connectivity index (χ1) is 5.68. The highest BCUT2D eigenvalue weighted by atomic mass is 31.2. The third-order valence-corrected chi connectivity index (χ3v) is 3.88. The van der Waals surface area contributed by atoms with Crippen molar-refractivity contribution in [1.82, 2.24) is 0 Å². The average Bonchev–Trinajstić information content (AvgIpc) is 2.06. The lowest BCUT2D eigenvalue weighted by Crippen LogP contribution is -1.92. The van der Waals surface area contributed by atoms with Crippen LogP contribution in [0.4, 0.5) is 0 Å². The van der Waals surface area contributed by atoms with E-state index in [4.69, 9.17) is 4.52 Å². The first-order valence-corrected chi connectivity index (χ1v) is 6.43. The van der Waals surface area contributed by atoms with Gasteiger partial charge in [0, 0.05) is 6.16 Å². The third-order valence-electron chi connectivity index (χ3n) is 1.62. The number of rotatable bonds is 6. The molecule has 0 saturated carbocycles. The van der Waals surface area contributed by atoms with Crippen LogP contribution < -0.4 is 0 Å². The molecule has 0 aliphatic carbocycles. The smallest absolute Gasteiger partial charge is 0.224 e. The highest BCUT2D eigenvalue weighted by Gasteiger charge is 2.14. The van der Waals surface area contributed by atoms with Crippen LogP contribution in [0.15, 0.2) is 11.9 Å². The Balaban J connectivity index is 3.89. The molecule has 0 saturated heterocycles. The van der Waals surface area contributed by atoms with Gasteiger partial charge in [-0.15, -0.1) is 0 Å². The average molecular weight is 190 g/mol. The SMILES string of the molecule is C/C=C\P(=O)(CC)OCCCC. The summed E-state index contributed by atoms with van der Waals surface area (Å²) in [6.45, 7) is 6.47. The van der Waals surface area contributed by atoms with Gasteiger partial charge in [0.25, 0.3) is 0 Å². The van der Waals surface area contributed by atoms with Gasteiger partial charge < -0.3 is 4.52 Å². The Hall–Kier alpha value is -0.0700. The maximum atomic E-state index is 11.7. The number of unbranched alkanes of at least 4 members (excludes halogenated alkanes) is 1. The Labute approximate surface area is 75.5 Å². The summed E-state index contributed by atoms with van der Waals surface area (Å²) >= 11 is 0. The summed E-state index contributed by atoms with van der Waals surface area (Å²) in [5, 5.41) is 0. The second-order valence-electron chi connectivity index (χ2n) is 2.71. The second kappa shape index (κ2) is 6.45. The lowest BCUT2D eigenvalue weighted by atomic mass is 10.4. The molecule has 0 radical (unpaired) electrons. The Morgan fingerprint density at radius 3 is 2.50 bits per heavy atom. The summed E-state index contributed by atoms with van der Waals surface area (Å²) in [5.74, 6) is 1.70. The van der Waals surface area contributed by atoms with Crippen molar-refractivity contribution in [2.75, 3.05) is 12.8 Å². The van der Waals surface area contributed by atoms with Gasteiger partial charge in [-0.25, -0.2) is 0 Å². The predicted octanol–water partition coefficient (Wildman–Crippen LogP) is 3.63. The van der Waals surface area contributed by atoms with E-state index >= 15 is 0 Å². The summed E-state index contributed by atoms with van der Waals surface area (Å²) in [4.78, 5) is 0. The molecule has 0 aromatic carbocycles. The van der Waals surface area contributed by atoms with Crippen molar-refractivity contribution in [3.63, 3.8) is 0 Å². The Morgan fingerprint density at radius 2 is 2.08 bits per heavy atom. The highest BCUT2D eigenvalue weighted by molar-refractivity contribution is 7.62. The zero-order valence-electron chi connectivity index (χ0n) is 8.25. The van der Waals surface area contributed by atoms with Crippen molar-refractivity contribution in [3.8, 4) is 0 Å². The zero-order valence-corrected chi connectivity index (χ0v) is 9.14. The fraction of sp³-hybridized carbons (Fsp3) is 0.778. The normalized spacial score (nSPS) is 16.6.